The zero-order valence-corrected chi connectivity index (χ0v) is 13.7. The van der Waals surface area contributed by atoms with Crippen molar-refractivity contribution in [3.05, 3.63) is 40.7 Å². The molecule has 0 atom stereocenters. The molecule has 0 aliphatic carbocycles. The molecule has 1 amide bonds. The third-order valence-electron chi connectivity index (χ3n) is 3.03. The number of carbonyl (C=O) groups is 1. The second kappa shape index (κ2) is 6.29. The topological polar surface area (TPSA) is 80.0 Å². The number of aryl methyl sites for hydroxylation is 1. The maximum atomic E-state index is 12.3. The SMILES string of the molecule is CNc1snc(C)c1C(=O)NCc1coc(-c2cccs2)n1. The molecule has 6 nitrogen and oxygen atoms in total. The van der Waals surface area contributed by atoms with E-state index in [9.17, 15) is 4.79 Å². The summed E-state index contributed by atoms with van der Waals surface area (Å²) in [5, 5.41) is 8.55. The van der Waals surface area contributed by atoms with Gasteiger partial charge in [0.1, 0.15) is 11.3 Å². The van der Waals surface area contributed by atoms with Crippen molar-refractivity contribution < 1.29 is 9.21 Å². The van der Waals surface area contributed by atoms with Crippen molar-refractivity contribution in [1.82, 2.24) is 14.7 Å². The van der Waals surface area contributed by atoms with E-state index in [0.717, 1.165) is 9.88 Å². The van der Waals surface area contributed by atoms with Crippen LogP contribution in [-0.2, 0) is 6.54 Å². The van der Waals surface area contributed by atoms with Crippen molar-refractivity contribution in [3.8, 4) is 10.8 Å². The van der Waals surface area contributed by atoms with Gasteiger partial charge in [0.25, 0.3) is 5.91 Å². The Bertz CT molecular complexity index is 777. The molecule has 0 aliphatic rings. The van der Waals surface area contributed by atoms with E-state index in [1.165, 1.54) is 11.5 Å². The summed E-state index contributed by atoms with van der Waals surface area (Å²) in [5.74, 6) is 0.403. The van der Waals surface area contributed by atoms with E-state index >= 15 is 0 Å². The summed E-state index contributed by atoms with van der Waals surface area (Å²) in [6.07, 6.45) is 1.56. The summed E-state index contributed by atoms with van der Waals surface area (Å²) in [6, 6.07) is 3.88. The molecule has 3 heterocycles. The van der Waals surface area contributed by atoms with Gasteiger partial charge in [-0.05, 0) is 29.9 Å². The molecule has 0 aliphatic heterocycles. The molecule has 3 aromatic rings. The van der Waals surface area contributed by atoms with Crippen molar-refractivity contribution in [2.45, 2.75) is 13.5 Å². The van der Waals surface area contributed by atoms with Gasteiger partial charge in [0, 0.05) is 7.05 Å². The summed E-state index contributed by atoms with van der Waals surface area (Å²) < 4.78 is 9.61. The Hall–Kier alpha value is -2.19. The fourth-order valence-electron chi connectivity index (χ4n) is 1.97. The lowest BCUT2D eigenvalue weighted by atomic mass is 10.2. The number of rotatable bonds is 5. The van der Waals surface area contributed by atoms with Gasteiger partial charge in [0.15, 0.2) is 0 Å². The van der Waals surface area contributed by atoms with Gasteiger partial charge < -0.3 is 15.1 Å². The van der Waals surface area contributed by atoms with E-state index in [2.05, 4.69) is 20.0 Å². The minimum Gasteiger partial charge on any atom is -0.443 e. The minimum atomic E-state index is -0.170. The molecule has 22 heavy (non-hydrogen) atoms. The van der Waals surface area contributed by atoms with E-state index in [0.29, 0.717) is 29.4 Å². The second-order valence-electron chi connectivity index (χ2n) is 4.53. The van der Waals surface area contributed by atoms with Crippen molar-refractivity contribution in [3.63, 3.8) is 0 Å². The first kappa shape index (κ1) is 14.7. The van der Waals surface area contributed by atoms with Gasteiger partial charge in [0.05, 0.1) is 28.4 Å². The van der Waals surface area contributed by atoms with Crippen molar-refractivity contribution in [2.24, 2.45) is 0 Å². The molecule has 0 aromatic carbocycles. The summed E-state index contributed by atoms with van der Waals surface area (Å²) in [7, 11) is 1.77. The highest BCUT2D eigenvalue weighted by atomic mass is 32.1. The molecule has 0 unspecified atom stereocenters. The van der Waals surface area contributed by atoms with E-state index in [-0.39, 0.29) is 5.91 Å². The molecule has 0 bridgehead atoms. The van der Waals surface area contributed by atoms with Crippen molar-refractivity contribution in [2.75, 3.05) is 12.4 Å². The predicted octanol–water partition coefficient (Wildman–Crippen LogP) is 3.14. The number of aromatic nitrogens is 2. The average molecular weight is 334 g/mol. The van der Waals surface area contributed by atoms with Gasteiger partial charge in [-0.1, -0.05) is 6.07 Å². The molecule has 0 saturated heterocycles. The zero-order valence-electron chi connectivity index (χ0n) is 12.0. The van der Waals surface area contributed by atoms with Crippen LogP contribution in [0.4, 0.5) is 5.00 Å². The Balaban J connectivity index is 1.68. The number of thiophene rings is 1. The van der Waals surface area contributed by atoms with Crippen LogP contribution < -0.4 is 10.6 Å². The molecular formula is C14H14N4O2S2. The lowest BCUT2D eigenvalue weighted by Crippen LogP contribution is -2.24. The second-order valence-corrected chi connectivity index (χ2v) is 6.25. The number of amides is 1. The molecule has 8 heteroatoms. The maximum absolute atomic E-state index is 12.3. The van der Waals surface area contributed by atoms with E-state index in [4.69, 9.17) is 4.42 Å². The molecule has 114 valence electrons. The van der Waals surface area contributed by atoms with Crippen LogP contribution in [0, 0.1) is 6.92 Å². The highest BCUT2D eigenvalue weighted by Crippen LogP contribution is 2.25. The fraction of sp³-hybridized carbons (Fsp3) is 0.214. The van der Waals surface area contributed by atoms with Crippen LogP contribution in [0.3, 0.4) is 0 Å². The van der Waals surface area contributed by atoms with Gasteiger partial charge in [-0.3, -0.25) is 4.79 Å². The Kier molecular flexibility index (Phi) is 4.21. The van der Waals surface area contributed by atoms with E-state index in [1.54, 1.807) is 24.6 Å². The highest BCUT2D eigenvalue weighted by molar-refractivity contribution is 7.13. The Labute approximate surface area is 135 Å². The molecule has 0 fully saturated rings. The Morgan fingerprint density at radius 2 is 2.32 bits per heavy atom. The van der Waals surface area contributed by atoms with Gasteiger partial charge in [-0.2, -0.15) is 4.37 Å². The van der Waals surface area contributed by atoms with Crippen LogP contribution in [0.1, 0.15) is 21.7 Å². The standard InChI is InChI=1S/C14H14N4O2S2/c1-8-11(14(15-2)22-18-8)12(19)16-6-9-7-20-13(17-9)10-4-3-5-21-10/h3-5,7,15H,6H2,1-2H3,(H,16,19). The van der Waals surface area contributed by atoms with E-state index in [1.807, 2.05) is 24.4 Å². The number of hydrogen-bond donors (Lipinski definition) is 2. The first-order valence-electron chi connectivity index (χ1n) is 6.59. The molecule has 3 aromatic heterocycles. The lowest BCUT2D eigenvalue weighted by molar-refractivity contribution is 0.0951. The lowest BCUT2D eigenvalue weighted by Gasteiger charge is -2.04. The Morgan fingerprint density at radius 3 is 3.05 bits per heavy atom. The number of nitrogens with zero attached hydrogens (tertiary/aromatic N) is 2. The number of carbonyl (C=O) groups excluding carboxylic acids is 1. The smallest absolute Gasteiger partial charge is 0.256 e. The number of hydrogen-bond acceptors (Lipinski definition) is 7. The number of nitrogens with one attached hydrogen (secondary N) is 2. The molecule has 0 saturated carbocycles. The largest absolute Gasteiger partial charge is 0.443 e. The zero-order chi connectivity index (χ0) is 15.5. The molecule has 2 N–H and O–H groups in total. The van der Waals surface area contributed by atoms with Crippen LogP contribution in [0.25, 0.3) is 10.8 Å². The number of oxazole rings is 1. The molecule has 3 rings (SSSR count). The molecule has 0 radical (unpaired) electrons. The van der Waals surface area contributed by atoms with Crippen molar-refractivity contribution >= 4 is 33.8 Å². The van der Waals surface area contributed by atoms with Crippen LogP contribution in [0.5, 0.6) is 0 Å². The van der Waals surface area contributed by atoms with Crippen LogP contribution in [-0.4, -0.2) is 22.3 Å². The highest BCUT2D eigenvalue weighted by Gasteiger charge is 2.18. The van der Waals surface area contributed by atoms with Crippen LogP contribution >= 0.6 is 22.9 Å². The van der Waals surface area contributed by atoms with Crippen LogP contribution in [0.15, 0.2) is 28.2 Å². The maximum Gasteiger partial charge on any atom is 0.256 e. The summed E-state index contributed by atoms with van der Waals surface area (Å²) in [4.78, 5) is 17.6. The third-order valence-corrected chi connectivity index (χ3v) is 4.84. The van der Waals surface area contributed by atoms with Crippen LogP contribution in [0.2, 0.25) is 0 Å². The van der Waals surface area contributed by atoms with Gasteiger partial charge in [-0.15, -0.1) is 11.3 Å². The Morgan fingerprint density at radius 1 is 1.45 bits per heavy atom. The summed E-state index contributed by atoms with van der Waals surface area (Å²) in [5.41, 5.74) is 1.98. The quantitative estimate of drug-likeness (QED) is 0.749. The summed E-state index contributed by atoms with van der Waals surface area (Å²) in [6.45, 7) is 2.13. The third kappa shape index (κ3) is 2.88. The predicted molar refractivity (Wildman–Crippen MR) is 87.4 cm³/mol. The average Bonchev–Trinajstić information content (AvgIpc) is 3.24. The monoisotopic (exact) mass is 334 g/mol. The van der Waals surface area contributed by atoms with Gasteiger partial charge in [-0.25, -0.2) is 4.98 Å². The first-order chi connectivity index (χ1) is 10.7. The minimum absolute atomic E-state index is 0.170. The normalized spacial score (nSPS) is 10.6. The van der Waals surface area contributed by atoms with Gasteiger partial charge in [0.2, 0.25) is 5.89 Å². The van der Waals surface area contributed by atoms with E-state index < -0.39 is 0 Å². The number of anilines is 1. The fourth-order valence-corrected chi connectivity index (χ4v) is 3.37. The first-order valence-corrected chi connectivity index (χ1v) is 8.25. The van der Waals surface area contributed by atoms with Gasteiger partial charge >= 0.3 is 0 Å². The summed E-state index contributed by atoms with van der Waals surface area (Å²) >= 11 is 2.83. The van der Waals surface area contributed by atoms with Crippen molar-refractivity contribution in [1.29, 1.82) is 0 Å². The molecule has 0 spiro atoms. The molecular weight excluding hydrogens is 320 g/mol.